The van der Waals surface area contributed by atoms with Gasteiger partial charge in [0.25, 0.3) is 0 Å². The minimum Gasteiger partial charge on any atom is -0.477 e. The quantitative estimate of drug-likeness (QED) is 0.289. The average Bonchev–Trinajstić information content (AvgIpc) is 3.07. The lowest BCUT2D eigenvalue weighted by Crippen LogP contribution is -2.43. The number of aromatic carboxylic acids is 2. The van der Waals surface area contributed by atoms with Gasteiger partial charge in [-0.15, -0.1) is 0 Å². The van der Waals surface area contributed by atoms with Crippen LogP contribution in [0.1, 0.15) is 32.6 Å². The van der Waals surface area contributed by atoms with Crippen molar-refractivity contribution in [2.45, 2.75) is 24.4 Å². The maximum Gasteiger partial charge on any atom is 0.352 e. The van der Waals surface area contributed by atoms with Gasteiger partial charge in [0.2, 0.25) is 0 Å². The Balaban J connectivity index is 2.69. The molecule has 0 aliphatic rings. The van der Waals surface area contributed by atoms with E-state index in [1.54, 1.807) is 18.2 Å². The predicted octanol–water partition coefficient (Wildman–Crippen LogP) is -0.813. The molecule has 0 saturated carbocycles. The van der Waals surface area contributed by atoms with Crippen LogP contribution < -0.4 is 0 Å². The van der Waals surface area contributed by atoms with Gasteiger partial charge in [-0.3, -0.25) is 0 Å². The van der Waals surface area contributed by atoms with E-state index >= 15 is 0 Å². The van der Waals surface area contributed by atoms with Crippen molar-refractivity contribution in [1.29, 1.82) is 0 Å². The Kier molecular flexibility index (Phi) is 6.31. The summed E-state index contributed by atoms with van der Waals surface area (Å²) in [4.78, 5) is 25.3. The Hall–Kier alpha value is -2.76. The van der Waals surface area contributed by atoms with Gasteiger partial charge >= 0.3 is 11.9 Å². The molecule has 8 N–H and O–H groups in total. The number of nitrogens with one attached hydrogen (secondary N) is 1. The molecule has 10 nitrogen and oxygen atoms in total. The summed E-state index contributed by atoms with van der Waals surface area (Å²) in [7, 11) is 0. The van der Waals surface area contributed by atoms with Crippen molar-refractivity contribution in [3.05, 3.63) is 47.3 Å². The fourth-order valence-electron chi connectivity index (χ4n) is 2.74. The van der Waals surface area contributed by atoms with E-state index < -0.39 is 59.9 Å². The Morgan fingerprint density at radius 2 is 1.44 bits per heavy atom. The molecular formula is C17H19NO9. The van der Waals surface area contributed by atoms with Crippen LogP contribution in [-0.2, 0) is 0 Å². The van der Waals surface area contributed by atoms with E-state index in [1.165, 1.54) is 12.1 Å². The molecule has 0 aliphatic heterocycles. The number of H-pyrrole nitrogens is 1. The molecule has 1 aromatic heterocycles. The number of hydrogen-bond donors (Lipinski definition) is 8. The first-order chi connectivity index (χ1) is 12.7. The minimum atomic E-state index is -2.11. The standard InChI is InChI=1S/C17H19NO9/c19-6-8(20)13(21)15(23)14(22)10-9(7-4-2-1-3-5-7)11(16(24)25)18-12(10)17(26)27/h1-5,8,13-15,18-23H,6H2,(H,24,25)(H,26,27)/t8-,13-,14+,15-/m1/s1. The first kappa shape index (κ1) is 20.6. The van der Waals surface area contributed by atoms with Crippen molar-refractivity contribution < 1.29 is 45.3 Å². The molecule has 0 amide bonds. The monoisotopic (exact) mass is 381 g/mol. The summed E-state index contributed by atoms with van der Waals surface area (Å²) in [6.07, 6.45) is -8.00. The number of aliphatic hydroxyl groups is 5. The number of rotatable bonds is 8. The molecule has 1 heterocycles. The molecule has 2 aromatic rings. The molecular weight excluding hydrogens is 362 g/mol. The van der Waals surface area contributed by atoms with Crippen LogP contribution in [-0.4, -0.2) is 77.6 Å². The summed E-state index contributed by atoms with van der Waals surface area (Å²) in [5, 5.41) is 67.6. The fraction of sp³-hybridized carbons (Fsp3) is 0.294. The van der Waals surface area contributed by atoms with E-state index in [2.05, 4.69) is 4.98 Å². The Labute approximate surface area is 152 Å². The summed E-state index contributed by atoms with van der Waals surface area (Å²) in [6.45, 7) is -0.921. The Morgan fingerprint density at radius 1 is 0.889 bits per heavy atom. The van der Waals surface area contributed by atoms with E-state index in [0.717, 1.165) is 0 Å². The SMILES string of the molecule is O=C(O)c1[nH]c(C(=O)O)c([C@H](O)[C@H](O)[C@H](O)[C@H](O)CO)c1-c1ccccc1. The largest absolute Gasteiger partial charge is 0.477 e. The zero-order valence-electron chi connectivity index (χ0n) is 13.9. The smallest absolute Gasteiger partial charge is 0.352 e. The third-order valence-corrected chi connectivity index (χ3v) is 4.08. The number of carboxylic acids is 2. The highest BCUT2D eigenvalue weighted by Gasteiger charge is 2.37. The van der Waals surface area contributed by atoms with E-state index in [0.29, 0.717) is 0 Å². The van der Waals surface area contributed by atoms with Crippen molar-refractivity contribution in [3.63, 3.8) is 0 Å². The van der Waals surface area contributed by atoms with E-state index in [4.69, 9.17) is 5.11 Å². The fourth-order valence-corrected chi connectivity index (χ4v) is 2.74. The summed E-state index contributed by atoms with van der Waals surface area (Å²) in [5.74, 6) is -3.10. The van der Waals surface area contributed by atoms with Gasteiger partial charge in [-0.05, 0) is 5.56 Å². The average molecular weight is 381 g/mol. The molecule has 2 rings (SSSR count). The van der Waals surface area contributed by atoms with Crippen molar-refractivity contribution in [1.82, 2.24) is 4.98 Å². The van der Waals surface area contributed by atoms with Gasteiger partial charge in [0, 0.05) is 11.1 Å². The number of aliphatic hydroxyl groups excluding tert-OH is 5. The first-order valence-corrected chi connectivity index (χ1v) is 7.81. The number of carbonyl (C=O) groups is 2. The van der Waals surface area contributed by atoms with Crippen LogP contribution in [0.15, 0.2) is 30.3 Å². The van der Waals surface area contributed by atoms with Gasteiger partial charge in [-0.1, -0.05) is 30.3 Å². The maximum atomic E-state index is 11.6. The van der Waals surface area contributed by atoms with Crippen LogP contribution >= 0.6 is 0 Å². The van der Waals surface area contributed by atoms with Gasteiger partial charge in [-0.2, -0.15) is 0 Å². The third-order valence-electron chi connectivity index (χ3n) is 4.08. The summed E-state index contributed by atoms with van der Waals surface area (Å²) >= 11 is 0. The normalized spacial score (nSPS) is 15.7. The van der Waals surface area contributed by atoms with Crippen LogP contribution in [0.5, 0.6) is 0 Å². The topological polar surface area (TPSA) is 192 Å². The summed E-state index contributed by atoms with van der Waals surface area (Å²) < 4.78 is 0. The highest BCUT2D eigenvalue weighted by molar-refractivity contribution is 6.01. The number of hydrogen-bond acceptors (Lipinski definition) is 7. The van der Waals surface area contributed by atoms with Crippen LogP contribution in [0, 0.1) is 0 Å². The molecule has 0 bridgehead atoms. The second-order valence-electron chi connectivity index (χ2n) is 5.82. The maximum absolute atomic E-state index is 11.6. The molecule has 27 heavy (non-hydrogen) atoms. The second-order valence-corrected chi connectivity index (χ2v) is 5.82. The summed E-state index contributed by atoms with van der Waals surface area (Å²) in [6, 6.07) is 7.71. The molecule has 0 unspecified atom stereocenters. The second kappa shape index (κ2) is 8.29. The predicted molar refractivity (Wildman–Crippen MR) is 90.2 cm³/mol. The minimum absolute atomic E-state index is 0.183. The van der Waals surface area contributed by atoms with Crippen LogP contribution in [0.3, 0.4) is 0 Å². The van der Waals surface area contributed by atoms with Crippen molar-refractivity contribution in [2.24, 2.45) is 0 Å². The van der Waals surface area contributed by atoms with Crippen molar-refractivity contribution >= 4 is 11.9 Å². The van der Waals surface area contributed by atoms with Crippen LogP contribution in [0.2, 0.25) is 0 Å². The molecule has 0 spiro atoms. The highest BCUT2D eigenvalue weighted by Crippen LogP contribution is 2.37. The van der Waals surface area contributed by atoms with Gasteiger partial charge < -0.3 is 40.7 Å². The van der Waals surface area contributed by atoms with Gasteiger partial charge in [0.1, 0.15) is 35.8 Å². The number of aromatic amines is 1. The highest BCUT2D eigenvalue weighted by atomic mass is 16.4. The first-order valence-electron chi connectivity index (χ1n) is 7.81. The van der Waals surface area contributed by atoms with Crippen molar-refractivity contribution in [2.75, 3.05) is 6.61 Å². The van der Waals surface area contributed by atoms with E-state index in [9.17, 15) is 40.2 Å². The lowest BCUT2D eigenvalue weighted by Gasteiger charge is -2.26. The molecule has 0 saturated heterocycles. The third kappa shape index (κ3) is 3.99. The molecule has 4 atom stereocenters. The van der Waals surface area contributed by atoms with E-state index in [1.807, 2.05) is 0 Å². The molecule has 0 aliphatic carbocycles. The number of carboxylic acid groups (broad SMARTS) is 2. The molecule has 146 valence electrons. The van der Waals surface area contributed by atoms with Crippen LogP contribution in [0.25, 0.3) is 11.1 Å². The zero-order chi connectivity index (χ0) is 20.3. The summed E-state index contributed by atoms with van der Waals surface area (Å²) in [5.41, 5.74) is -1.63. The number of benzene rings is 1. The molecule has 0 radical (unpaired) electrons. The van der Waals surface area contributed by atoms with Gasteiger partial charge in [0.05, 0.1) is 6.61 Å². The van der Waals surface area contributed by atoms with Gasteiger partial charge in [-0.25, -0.2) is 9.59 Å². The molecule has 1 aromatic carbocycles. The van der Waals surface area contributed by atoms with Crippen LogP contribution in [0.4, 0.5) is 0 Å². The Morgan fingerprint density at radius 3 is 1.93 bits per heavy atom. The van der Waals surface area contributed by atoms with E-state index in [-0.39, 0.29) is 11.1 Å². The number of aromatic nitrogens is 1. The zero-order valence-corrected chi connectivity index (χ0v) is 13.9. The molecule has 0 fully saturated rings. The lowest BCUT2D eigenvalue weighted by atomic mass is 9.91. The van der Waals surface area contributed by atoms with Gasteiger partial charge in [0.15, 0.2) is 0 Å². The lowest BCUT2D eigenvalue weighted by molar-refractivity contribution is -0.116. The molecule has 10 heteroatoms. The van der Waals surface area contributed by atoms with Crippen molar-refractivity contribution in [3.8, 4) is 11.1 Å². The Bertz CT molecular complexity index is 817.